The molecule has 4 nitrogen and oxygen atoms in total. The summed E-state index contributed by atoms with van der Waals surface area (Å²) in [6.45, 7) is 0. The third-order valence-corrected chi connectivity index (χ3v) is 3.26. The van der Waals surface area contributed by atoms with Gasteiger partial charge < -0.3 is 10.2 Å². The highest BCUT2D eigenvalue weighted by molar-refractivity contribution is 7.86. The highest BCUT2D eigenvalue weighted by Gasteiger charge is 2.18. The Morgan fingerprint density at radius 3 is 2.12 bits per heavy atom. The molecule has 7 heteroatoms. The predicted octanol–water partition coefficient (Wildman–Crippen LogP) is 0.669. The molecule has 2 N–H and O–H groups in total. The van der Waals surface area contributed by atoms with Gasteiger partial charge in [0.15, 0.2) is 0 Å². The van der Waals surface area contributed by atoms with Gasteiger partial charge in [-0.15, -0.1) is 3.89 Å². The molecule has 0 radical (unpaired) electrons. The quantitative estimate of drug-likeness (QED) is 0.553. The Morgan fingerprint density at radius 2 is 1.75 bits per heavy atom. The maximum Gasteiger partial charge on any atom is 0.332 e. The smallest absolute Gasteiger partial charge is 0.332 e. The van der Waals surface area contributed by atoms with Crippen LogP contribution in [0.4, 0.5) is 3.89 Å². The van der Waals surface area contributed by atoms with Crippen molar-refractivity contribution < 1.29 is 22.5 Å². The normalized spacial score (nSPS) is 15.8. The molecule has 0 heterocycles. The minimum atomic E-state index is -4.73. The standard InChI is InChI=1S/C9H11FO4S2/c10-16(13,14)7-3-1-6(2-4-7)9(12)8(11)5-15/h1-4,8-9,11-12,15H,5H2. The molecule has 90 valence electrons. The zero-order valence-corrected chi connectivity index (χ0v) is 9.83. The summed E-state index contributed by atoms with van der Waals surface area (Å²) in [5.74, 6) is 0.0598. The van der Waals surface area contributed by atoms with Crippen molar-refractivity contribution in [3.8, 4) is 0 Å². The largest absolute Gasteiger partial charge is 0.389 e. The Balaban J connectivity index is 2.96. The average molecular weight is 266 g/mol. The van der Waals surface area contributed by atoms with Crippen LogP contribution in [-0.4, -0.2) is 30.5 Å². The van der Waals surface area contributed by atoms with Gasteiger partial charge in [0, 0.05) is 5.75 Å². The molecule has 1 aromatic carbocycles. The van der Waals surface area contributed by atoms with Gasteiger partial charge in [-0.25, -0.2) is 0 Å². The van der Waals surface area contributed by atoms with Gasteiger partial charge in [0.2, 0.25) is 0 Å². The molecule has 0 bridgehead atoms. The first-order valence-corrected chi connectivity index (χ1v) is 6.39. The lowest BCUT2D eigenvalue weighted by molar-refractivity contribution is 0.0337. The van der Waals surface area contributed by atoms with Crippen molar-refractivity contribution in [1.29, 1.82) is 0 Å². The van der Waals surface area contributed by atoms with Crippen LogP contribution in [-0.2, 0) is 10.2 Å². The van der Waals surface area contributed by atoms with E-state index in [1.165, 1.54) is 12.1 Å². The third kappa shape index (κ3) is 3.18. The fraction of sp³-hybridized carbons (Fsp3) is 0.333. The van der Waals surface area contributed by atoms with Crippen LogP contribution in [0.2, 0.25) is 0 Å². The molecule has 0 amide bonds. The second-order valence-corrected chi connectivity index (χ2v) is 4.91. The van der Waals surface area contributed by atoms with Crippen LogP contribution in [0.1, 0.15) is 11.7 Å². The van der Waals surface area contributed by atoms with Crippen molar-refractivity contribution in [2.75, 3.05) is 5.75 Å². The van der Waals surface area contributed by atoms with Crippen LogP contribution in [0.3, 0.4) is 0 Å². The molecule has 0 saturated carbocycles. The highest BCUT2D eigenvalue weighted by atomic mass is 32.3. The zero-order chi connectivity index (χ0) is 12.3. The molecule has 2 atom stereocenters. The van der Waals surface area contributed by atoms with E-state index in [0.717, 1.165) is 12.1 Å². The molecule has 0 fully saturated rings. The number of hydrogen-bond acceptors (Lipinski definition) is 5. The summed E-state index contributed by atoms with van der Waals surface area (Å²) in [6, 6.07) is 4.53. The lowest BCUT2D eigenvalue weighted by Crippen LogP contribution is -2.19. The van der Waals surface area contributed by atoms with Crippen LogP contribution < -0.4 is 0 Å². The van der Waals surface area contributed by atoms with Gasteiger partial charge in [-0.1, -0.05) is 12.1 Å². The van der Waals surface area contributed by atoms with Gasteiger partial charge >= 0.3 is 10.2 Å². The minimum absolute atomic E-state index is 0.0598. The van der Waals surface area contributed by atoms with E-state index in [-0.39, 0.29) is 5.75 Å². The fourth-order valence-corrected chi connectivity index (χ4v) is 1.81. The molecule has 16 heavy (non-hydrogen) atoms. The molecule has 0 aliphatic carbocycles. The number of rotatable bonds is 4. The molecule has 0 spiro atoms. The third-order valence-electron chi connectivity index (χ3n) is 2.05. The van der Waals surface area contributed by atoms with E-state index in [4.69, 9.17) is 0 Å². The maximum absolute atomic E-state index is 12.5. The molecule has 1 rings (SSSR count). The molecule has 0 aliphatic heterocycles. The summed E-state index contributed by atoms with van der Waals surface area (Å²) in [5.41, 5.74) is 0.300. The molecule has 1 aromatic rings. The van der Waals surface area contributed by atoms with Crippen LogP contribution in [0.5, 0.6) is 0 Å². The second-order valence-electron chi connectivity index (χ2n) is 3.20. The first-order chi connectivity index (χ1) is 7.36. The summed E-state index contributed by atoms with van der Waals surface area (Å²) >= 11 is 3.81. The van der Waals surface area contributed by atoms with Gasteiger partial charge in [-0.2, -0.15) is 21.0 Å². The topological polar surface area (TPSA) is 74.6 Å². The Hall–Kier alpha value is -0.630. The number of thiol groups is 1. The monoisotopic (exact) mass is 266 g/mol. The van der Waals surface area contributed by atoms with Crippen molar-refractivity contribution >= 4 is 22.9 Å². The van der Waals surface area contributed by atoms with Crippen molar-refractivity contribution in [3.63, 3.8) is 0 Å². The van der Waals surface area contributed by atoms with Crippen LogP contribution in [0.15, 0.2) is 29.2 Å². The highest BCUT2D eigenvalue weighted by Crippen LogP contribution is 2.20. The van der Waals surface area contributed by atoms with Crippen LogP contribution in [0, 0.1) is 0 Å². The number of hydrogen-bond donors (Lipinski definition) is 3. The van der Waals surface area contributed by atoms with Crippen molar-refractivity contribution in [2.24, 2.45) is 0 Å². The van der Waals surface area contributed by atoms with Crippen molar-refractivity contribution in [3.05, 3.63) is 29.8 Å². The lowest BCUT2D eigenvalue weighted by atomic mass is 10.1. The number of aliphatic hydroxyl groups excluding tert-OH is 2. The van der Waals surface area contributed by atoms with E-state index < -0.39 is 27.3 Å². The minimum Gasteiger partial charge on any atom is -0.389 e. The Kier molecular flexibility index (Phi) is 4.31. The van der Waals surface area contributed by atoms with Gasteiger partial charge in [0.1, 0.15) is 6.10 Å². The number of halogens is 1. The summed E-state index contributed by atoms with van der Waals surface area (Å²) in [4.78, 5) is -0.483. The molecule has 0 saturated heterocycles. The van der Waals surface area contributed by atoms with Gasteiger partial charge in [-0.3, -0.25) is 0 Å². The van der Waals surface area contributed by atoms with E-state index in [1.807, 2.05) is 0 Å². The first kappa shape index (κ1) is 13.4. The summed E-state index contributed by atoms with van der Waals surface area (Å²) < 4.78 is 33.6. The molecular formula is C9H11FO4S2. The first-order valence-electron chi connectivity index (χ1n) is 4.38. The Labute approximate surface area is 98.4 Å². The van der Waals surface area contributed by atoms with Crippen LogP contribution >= 0.6 is 12.6 Å². The number of aliphatic hydroxyl groups is 2. The molecule has 0 aliphatic rings. The van der Waals surface area contributed by atoms with E-state index in [2.05, 4.69) is 12.6 Å². The maximum atomic E-state index is 12.5. The van der Waals surface area contributed by atoms with Gasteiger partial charge in [0.25, 0.3) is 0 Å². The van der Waals surface area contributed by atoms with E-state index in [1.54, 1.807) is 0 Å². The van der Waals surface area contributed by atoms with Crippen molar-refractivity contribution in [1.82, 2.24) is 0 Å². The fourth-order valence-electron chi connectivity index (χ4n) is 1.15. The lowest BCUT2D eigenvalue weighted by Gasteiger charge is -2.15. The average Bonchev–Trinajstić information content (AvgIpc) is 2.26. The predicted molar refractivity (Wildman–Crippen MR) is 59.6 cm³/mol. The van der Waals surface area contributed by atoms with Crippen molar-refractivity contribution in [2.45, 2.75) is 17.1 Å². The summed E-state index contributed by atoms with van der Waals surface area (Å²) in [5, 5.41) is 18.8. The van der Waals surface area contributed by atoms with Gasteiger partial charge in [-0.05, 0) is 17.7 Å². The summed E-state index contributed by atoms with van der Waals surface area (Å²) in [7, 11) is -4.73. The van der Waals surface area contributed by atoms with Crippen LogP contribution in [0.25, 0.3) is 0 Å². The Bertz CT molecular complexity index is 443. The summed E-state index contributed by atoms with van der Waals surface area (Å²) in [6.07, 6.45) is -2.23. The van der Waals surface area contributed by atoms with Gasteiger partial charge in [0.05, 0.1) is 11.0 Å². The molecular weight excluding hydrogens is 255 g/mol. The number of benzene rings is 1. The van der Waals surface area contributed by atoms with E-state index in [0.29, 0.717) is 5.56 Å². The zero-order valence-electron chi connectivity index (χ0n) is 8.12. The van der Waals surface area contributed by atoms with E-state index in [9.17, 15) is 22.5 Å². The molecule has 0 aromatic heterocycles. The SMILES string of the molecule is O=S(=O)(F)c1ccc(C(O)C(O)CS)cc1. The molecule has 2 unspecified atom stereocenters. The van der Waals surface area contributed by atoms with E-state index >= 15 is 0 Å². The Morgan fingerprint density at radius 1 is 1.25 bits per heavy atom. The second kappa shape index (κ2) is 5.13.